The van der Waals surface area contributed by atoms with E-state index in [4.69, 9.17) is 0 Å². The molecule has 6 heteroatoms. The van der Waals surface area contributed by atoms with Crippen LogP contribution in [0.15, 0.2) is 60.7 Å². The summed E-state index contributed by atoms with van der Waals surface area (Å²) in [6, 6.07) is 17.3. The van der Waals surface area contributed by atoms with E-state index >= 15 is 0 Å². The summed E-state index contributed by atoms with van der Waals surface area (Å²) in [5.41, 5.74) is 1.98. The molecule has 0 aliphatic rings. The zero-order valence-electron chi connectivity index (χ0n) is 14.5. The summed E-state index contributed by atoms with van der Waals surface area (Å²) in [6.07, 6.45) is 0. The summed E-state index contributed by atoms with van der Waals surface area (Å²) in [7, 11) is 3.84. The Morgan fingerprint density at radius 3 is 2.12 bits per heavy atom. The summed E-state index contributed by atoms with van der Waals surface area (Å²) < 4.78 is 0. The number of phenolic OH excluding ortho intramolecular Hbond substituents is 1. The summed E-state index contributed by atoms with van der Waals surface area (Å²) in [6.45, 7) is 0. The molecule has 0 atom stereocenters. The average Bonchev–Trinajstić information content (AvgIpc) is 2.63. The Morgan fingerprint density at radius 1 is 0.808 bits per heavy atom. The van der Waals surface area contributed by atoms with Crippen LogP contribution in [-0.4, -0.2) is 31.0 Å². The van der Waals surface area contributed by atoms with E-state index in [-0.39, 0.29) is 5.75 Å². The number of nitrogens with one attached hydrogen (secondary N) is 2. The molecule has 2 amide bonds. The first kappa shape index (κ1) is 17.3. The number of fused-ring (bicyclic) bond motifs is 1. The van der Waals surface area contributed by atoms with E-state index in [1.165, 1.54) is 0 Å². The fourth-order valence-electron chi connectivity index (χ4n) is 2.61. The third-order valence-corrected chi connectivity index (χ3v) is 4.00. The maximum absolute atomic E-state index is 12.2. The van der Waals surface area contributed by atoms with Gasteiger partial charge in [0.15, 0.2) is 0 Å². The number of amides is 2. The normalized spacial score (nSPS) is 10.4. The van der Waals surface area contributed by atoms with Crippen LogP contribution in [0.2, 0.25) is 0 Å². The van der Waals surface area contributed by atoms with Gasteiger partial charge in [-0.05, 0) is 36.4 Å². The lowest BCUT2D eigenvalue weighted by molar-refractivity contribution is -0.132. The Hall–Kier alpha value is -3.54. The zero-order chi connectivity index (χ0) is 18.7. The summed E-state index contributed by atoms with van der Waals surface area (Å²) in [4.78, 5) is 26.3. The van der Waals surface area contributed by atoms with Crippen molar-refractivity contribution in [3.8, 4) is 5.75 Å². The molecule has 0 spiro atoms. The Kier molecular flexibility index (Phi) is 4.75. The third kappa shape index (κ3) is 3.59. The van der Waals surface area contributed by atoms with Crippen LogP contribution in [0.5, 0.6) is 5.75 Å². The van der Waals surface area contributed by atoms with E-state index in [1.54, 1.807) is 48.5 Å². The second kappa shape index (κ2) is 7.14. The van der Waals surface area contributed by atoms with Crippen molar-refractivity contribution in [3.63, 3.8) is 0 Å². The highest BCUT2D eigenvalue weighted by molar-refractivity contribution is 6.44. The summed E-state index contributed by atoms with van der Waals surface area (Å²) in [5, 5.41) is 16.3. The van der Waals surface area contributed by atoms with Gasteiger partial charge in [-0.2, -0.15) is 0 Å². The summed E-state index contributed by atoms with van der Waals surface area (Å²) >= 11 is 0. The van der Waals surface area contributed by atoms with E-state index in [1.807, 2.05) is 31.1 Å². The number of carbonyl (C=O) groups is 2. The largest absolute Gasteiger partial charge is 0.507 e. The lowest BCUT2D eigenvalue weighted by Gasteiger charge is -2.13. The molecule has 26 heavy (non-hydrogen) atoms. The maximum Gasteiger partial charge on any atom is 0.314 e. The van der Waals surface area contributed by atoms with Crippen molar-refractivity contribution in [2.75, 3.05) is 29.6 Å². The van der Waals surface area contributed by atoms with Gasteiger partial charge in [-0.25, -0.2) is 0 Å². The first-order valence-corrected chi connectivity index (χ1v) is 8.06. The van der Waals surface area contributed by atoms with Crippen LogP contribution < -0.4 is 15.5 Å². The van der Waals surface area contributed by atoms with Gasteiger partial charge in [0, 0.05) is 41.9 Å². The molecule has 3 N–H and O–H groups in total. The molecule has 0 radical (unpaired) electrons. The van der Waals surface area contributed by atoms with Crippen molar-refractivity contribution in [1.82, 2.24) is 0 Å². The van der Waals surface area contributed by atoms with Crippen molar-refractivity contribution in [1.29, 1.82) is 0 Å². The summed E-state index contributed by atoms with van der Waals surface area (Å²) in [5.74, 6) is -1.43. The molecule has 3 rings (SSSR count). The monoisotopic (exact) mass is 349 g/mol. The van der Waals surface area contributed by atoms with Gasteiger partial charge < -0.3 is 20.6 Å². The lowest BCUT2D eigenvalue weighted by atomic mass is 10.1. The van der Waals surface area contributed by atoms with Crippen molar-refractivity contribution in [2.45, 2.75) is 0 Å². The smallest absolute Gasteiger partial charge is 0.314 e. The standard InChI is InChI=1S/C20H19N3O3/c1-23(2)14-11-9-13(10-12-14)21-19(25)20(26)22-17-7-3-6-16-15(17)5-4-8-18(16)24/h3-12,24H,1-2H3,(H,21,25)(H,22,26). The molecule has 0 bridgehead atoms. The van der Waals surface area contributed by atoms with Crippen molar-refractivity contribution in [2.24, 2.45) is 0 Å². The van der Waals surface area contributed by atoms with E-state index in [9.17, 15) is 14.7 Å². The van der Waals surface area contributed by atoms with Gasteiger partial charge >= 0.3 is 11.8 Å². The number of hydrogen-bond acceptors (Lipinski definition) is 4. The van der Waals surface area contributed by atoms with E-state index in [0.29, 0.717) is 22.1 Å². The van der Waals surface area contributed by atoms with Crippen molar-refractivity contribution < 1.29 is 14.7 Å². The molecule has 0 aliphatic heterocycles. The number of benzene rings is 3. The number of aromatic hydroxyl groups is 1. The number of phenols is 1. The van der Waals surface area contributed by atoms with Gasteiger partial charge in [0.1, 0.15) is 5.75 Å². The van der Waals surface area contributed by atoms with Crippen molar-refractivity contribution in [3.05, 3.63) is 60.7 Å². The zero-order valence-corrected chi connectivity index (χ0v) is 14.5. The van der Waals surface area contributed by atoms with Crippen LogP contribution in [0, 0.1) is 0 Å². The van der Waals surface area contributed by atoms with Crippen LogP contribution in [0.1, 0.15) is 0 Å². The number of carbonyl (C=O) groups excluding carboxylic acids is 2. The topological polar surface area (TPSA) is 81.7 Å². The van der Waals surface area contributed by atoms with Gasteiger partial charge in [0.2, 0.25) is 0 Å². The van der Waals surface area contributed by atoms with Gasteiger partial charge in [0.25, 0.3) is 0 Å². The molecule has 0 saturated heterocycles. The van der Waals surface area contributed by atoms with Crippen LogP contribution in [0.4, 0.5) is 17.1 Å². The molecule has 132 valence electrons. The molecule has 0 fully saturated rings. The molecule has 0 unspecified atom stereocenters. The molecule has 0 aromatic heterocycles. The second-order valence-electron chi connectivity index (χ2n) is 6.03. The number of rotatable bonds is 3. The average molecular weight is 349 g/mol. The SMILES string of the molecule is CN(C)c1ccc(NC(=O)C(=O)Nc2cccc3c(O)cccc23)cc1. The molecule has 0 saturated carbocycles. The highest BCUT2D eigenvalue weighted by Gasteiger charge is 2.15. The van der Waals surface area contributed by atoms with E-state index < -0.39 is 11.8 Å². The fraction of sp³-hybridized carbons (Fsp3) is 0.100. The lowest BCUT2D eigenvalue weighted by Crippen LogP contribution is -2.29. The van der Waals surface area contributed by atoms with Gasteiger partial charge in [-0.1, -0.05) is 24.3 Å². The van der Waals surface area contributed by atoms with Crippen LogP contribution >= 0.6 is 0 Å². The minimum atomic E-state index is -0.780. The molecular formula is C20H19N3O3. The first-order valence-electron chi connectivity index (χ1n) is 8.06. The van der Waals surface area contributed by atoms with Gasteiger partial charge in [-0.15, -0.1) is 0 Å². The van der Waals surface area contributed by atoms with Gasteiger partial charge in [-0.3, -0.25) is 9.59 Å². The number of nitrogens with zero attached hydrogens (tertiary/aromatic N) is 1. The highest BCUT2D eigenvalue weighted by Crippen LogP contribution is 2.29. The molecule has 6 nitrogen and oxygen atoms in total. The van der Waals surface area contributed by atoms with E-state index in [0.717, 1.165) is 5.69 Å². The molecule has 0 aliphatic carbocycles. The predicted molar refractivity (Wildman–Crippen MR) is 104 cm³/mol. The maximum atomic E-state index is 12.2. The molecule has 3 aromatic rings. The minimum absolute atomic E-state index is 0.115. The van der Waals surface area contributed by atoms with E-state index in [2.05, 4.69) is 10.6 Å². The predicted octanol–water partition coefficient (Wildman–Crippen LogP) is 3.19. The quantitative estimate of drug-likeness (QED) is 0.634. The molecule has 0 heterocycles. The third-order valence-electron chi connectivity index (χ3n) is 4.00. The second-order valence-corrected chi connectivity index (χ2v) is 6.03. The first-order chi connectivity index (χ1) is 12.5. The molecular weight excluding hydrogens is 330 g/mol. The van der Waals surface area contributed by atoms with Crippen LogP contribution in [-0.2, 0) is 9.59 Å². The van der Waals surface area contributed by atoms with Crippen molar-refractivity contribution >= 4 is 39.6 Å². The Labute approximate surface area is 151 Å². The van der Waals surface area contributed by atoms with Gasteiger partial charge in [0.05, 0.1) is 0 Å². The fourth-order valence-corrected chi connectivity index (χ4v) is 2.61. The Balaban J connectivity index is 1.74. The highest BCUT2D eigenvalue weighted by atomic mass is 16.3. The van der Waals surface area contributed by atoms with Crippen LogP contribution in [0.3, 0.4) is 0 Å². The Morgan fingerprint density at radius 2 is 1.42 bits per heavy atom. The van der Waals surface area contributed by atoms with Crippen LogP contribution in [0.25, 0.3) is 10.8 Å². The molecule has 3 aromatic carbocycles. The number of anilines is 3. The minimum Gasteiger partial charge on any atom is -0.507 e. The Bertz CT molecular complexity index is 966. The number of hydrogen-bond donors (Lipinski definition) is 3.